The van der Waals surface area contributed by atoms with Gasteiger partial charge in [-0.25, -0.2) is 0 Å². The minimum absolute atomic E-state index is 0.160. The molecule has 1 amide bonds. The SMILES string of the molecule is O=C(NCc1ccc(OCc2ccccn2)cc1)c1ccc2c(c1)OCCO2. The number of pyridine rings is 1. The zero-order valence-corrected chi connectivity index (χ0v) is 15.3. The van der Waals surface area contributed by atoms with Gasteiger partial charge in [-0.05, 0) is 48.0 Å². The number of fused-ring (bicyclic) bond motifs is 1. The number of nitrogens with zero attached hydrogens (tertiary/aromatic N) is 1. The molecule has 3 aromatic rings. The van der Waals surface area contributed by atoms with Crippen LogP contribution < -0.4 is 19.5 Å². The van der Waals surface area contributed by atoms with Crippen molar-refractivity contribution in [3.8, 4) is 17.2 Å². The van der Waals surface area contributed by atoms with Crippen LogP contribution in [-0.2, 0) is 13.2 Å². The normalized spacial score (nSPS) is 12.3. The maximum atomic E-state index is 12.4. The highest BCUT2D eigenvalue weighted by Gasteiger charge is 2.14. The van der Waals surface area contributed by atoms with Gasteiger partial charge in [0.25, 0.3) is 5.91 Å². The minimum atomic E-state index is -0.160. The van der Waals surface area contributed by atoms with Crippen LogP contribution in [0.4, 0.5) is 0 Å². The third-order valence-corrected chi connectivity index (χ3v) is 4.29. The number of nitrogens with one attached hydrogen (secondary N) is 1. The zero-order valence-electron chi connectivity index (χ0n) is 15.3. The molecule has 0 radical (unpaired) electrons. The Balaban J connectivity index is 1.30. The van der Waals surface area contributed by atoms with Crippen molar-refractivity contribution < 1.29 is 19.0 Å². The average molecular weight is 376 g/mol. The van der Waals surface area contributed by atoms with Gasteiger partial charge in [0.1, 0.15) is 25.6 Å². The fraction of sp³-hybridized carbons (Fsp3) is 0.182. The van der Waals surface area contributed by atoms with Crippen molar-refractivity contribution in [2.45, 2.75) is 13.2 Å². The number of benzene rings is 2. The first-order valence-corrected chi connectivity index (χ1v) is 9.07. The highest BCUT2D eigenvalue weighted by atomic mass is 16.6. The quantitative estimate of drug-likeness (QED) is 0.714. The maximum absolute atomic E-state index is 12.4. The Morgan fingerprint density at radius 2 is 1.82 bits per heavy atom. The number of ether oxygens (including phenoxy) is 3. The van der Waals surface area contributed by atoms with E-state index in [-0.39, 0.29) is 5.91 Å². The van der Waals surface area contributed by atoms with Crippen molar-refractivity contribution >= 4 is 5.91 Å². The van der Waals surface area contributed by atoms with Crippen LogP contribution in [0.1, 0.15) is 21.6 Å². The summed E-state index contributed by atoms with van der Waals surface area (Å²) in [5.74, 6) is 1.87. The van der Waals surface area contributed by atoms with E-state index in [0.29, 0.717) is 43.4 Å². The molecule has 0 atom stereocenters. The largest absolute Gasteiger partial charge is 0.487 e. The van der Waals surface area contributed by atoms with Crippen LogP contribution in [0.2, 0.25) is 0 Å². The molecule has 1 aliphatic heterocycles. The summed E-state index contributed by atoms with van der Waals surface area (Å²) in [6.07, 6.45) is 1.74. The number of amides is 1. The summed E-state index contributed by atoms with van der Waals surface area (Å²) in [4.78, 5) is 16.6. The molecule has 0 spiro atoms. The molecule has 2 aromatic carbocycles. The van der Waals surface area contributed by atoms with Crippen LogP contribution in [0.3, 0.4) is 0 Å². The predicted octanol–water partition coefficient (Wildman–Crippen LogP) is 3.36. The Morgan fingerprint density at radius 3 is 2.61 bits per heavy atom. The van der Waals surface area contributed by atoms with Crippen molar-refractivity contribution in [2.24, 2.45) is 0 Å². The number of carbonyl (C=O) groups is 1. The zero-order chi connectivity index (χ0) is 19.2. The first-order chi connectivity index (χ1) is 13.8. The highest BCUT2D eigenvalue weighted by molar-refractivity contribution is 5.94. The summed E-state index contributed by atoms with van der Waals surface area (Å²) in [7, 11) is 0. The van der Waals surface area contributed by atoms with Crippen molar-refractivity contribution in [3.05, 3.63) is 83.7 Å². The van der Waals surface area contributed by atoms with Crippen molar-refractivity contribution in [1.29, 1.82) is 0 Å². The van der Waals surface area contributed by atoms with E-state index in [0.717, 1.165) is 17.0 Å². The van der Waals surface area contributed by atoms with Gasteiger partial charge < -0.3 is 19.5 Å². The predicted molar refractivity (Wildman–Crippen MR) is 104 cm³/mol. The molecule has 1 N–H and O–H groups in total. The Kier molecular flexibility index (Phi) is 5.38. The number of hydrogen-bond donors (Lipinski definition) is 1. The van der Waals surface area contributed by atoms with Crippen LogP contribution in [-0.4, -0.2) is 24.1 Å². The molecule has 2 heterocycles. The number of rotatable bonds is 6. The number of aromatic nitrogens is 1. The van der Waals surface area contributed by atoms with Gasteiger partial charge in [0, 0.05) is 18.3 Å². The molecule has 142 valence electrons. The molecule has 0 saturated carbocycles. The standard InChI is InChI=1S/C22H20N2O4/c25-22(17-6-9-20-21(13-17)27-12-11-26-20)24-14-16-4-7-19(8-5-16)28-15-18-3-1-2-10-23-18/h1-10,13H,11-12,14-15H2,(H,24,25). The smallest absolute Gasteiger partial charge is 0.251 e. The van der Waals surface area contributed by atoms with E-state index >= 15 is 0 Å². The van der Waals surface area contributed by atoms with Gasteiger partial charge in [-0.2, -0.15) is 0 Å². The molecule has 1 aliphatic rings. The summed E-state index contributed by atoms with van der Waals surface area (Å²) >= 11 is 0. The van der Waals surface area contributed by atoms with Crippen LogP contribution in [0.5, 0.6) is 17.2 Å². The van der Waals surface area contributed by atoms with Gasteiger partial charge in [-0.1, -0.05) is 18.2 Å². The molecule has 6 heteroatoms. The lowest BCUT2D eigenvalue weighted by molar-refractivity contribution is 0.0949. The van der Waals surface area contributed by atoms with Gasteiger partial charge in [-0.15, -0.1) is 0 Å². The fourth-order valence-electron chi connectivity index (χ4n) is 2.81. The van der Waals surface area contributed by atoms with E-state index in [1.54, 1.807) is 24.4 Å². The molecule has 0 aliphatic carbocycles. The van der Waals surface area contributed by atoms with E-state index in [1.165, 1.54) is 0 Å². The first kappa shape index (κ1) is 17.9. The van der Waals surface area contributed by atoms with Crippen molar-refractivity contribution in [2.75, 3.05) is 13.2 Å². The number of hydrogen-bond acceptors (Lipinski definition) is 5. The second kappa shape index (κ2) is 8.43. The Labute approximate surface area is 163 Å². The summed E-state index contributed by atoms with van der Waals surface area (Å²) in [5, 5.41) is 2.91. The Morgan fingerprint density at radius 1 is 1.00 bits per heavy atom. The van der Waals surface area contributed by atoms with Crippen LogP contribution in [0.15, 0.2) is 66.9 Å². The molecule has 0 fully saturated rings. The van der Waals surface area contributed by atoms with Crippen LogP contribution in [0, 0.1) is 0 Å². The van der Waals surface area contributed by atoms with Crippen LogP contribution >= 0.6 is 0 Å². The molecule has 0 bridgehead atoms. The van der Waals surface area contributed by atoms with E-state index in [4.69, 9.17) is 14.2 Å². The second-order valence-electron chi connectivity index (χ2n) is 6.29. The van der Waals surface area contributed by atoms with E-state index in [1.807, 2.05) is 42.5 Å². The highest BCUT2D eigenvalue weighted by Crippen LogP contribution is 2.30. The van der Waals surface area contributed by atoms with Crippen molar-refractivity contribution in [3.63, 3.8) is 0 Å². The van der Waals surface area contributed by atoms with Gasteiger partial charge in [0.15, 0.2) is 11.5 Å². The second-order valence-corrected chi connectivity index (χ2v) is 6.29. The molecule has 0 saturated heterocycles. The molecule has 1 aromatic heterocycles. The fourth-order valence-corrected chi connectivity index (χ4v) is 2.81. The summed E-state index contributed by atoms with van der Waals surface area (Å²) in [5.41, 5.74) is 2.40. The lowest BCUT2D eigenvalue weighted by atomic mass is 10.1. The molecular weight excluding hydrogens is 356 g/mol. The lowest BCUT2D eigenvalue weighted by Crippen LogP contribution is -2.23. The Bertz CT molecular complexity index is 943. The molecule has 4 rings (SSSR count). The van der Waals surface area contributed by atoms with Gasteiger partial charge in [0.2, 0.25) is 0 Å². The third-order valence-electron chi connectivity index (χ3n) is 4.29. The number of carbonyl (C=O) groups excluding carboxylic acids is 1. The minimum Gasteiger partial charge on any atom is -0.487 e. The van der Waals surface area contributed by atoms with E-state index in [9.17, 15) is 4.79 Å². The Hall–Kier alpha value is -3.54. The van der Waals surface area contributed by atoms with E-state index in [2.05, 4.69) is 10.3 Å². The monoisotopic (exact) mass is 376 g/mol. The lowest BCUT2D eigenvalue weighted by Gasteiger charge is -2.18. The first-order valence-electron chi connectivity index (χ1n) is 9.07. The molecule has 28 heavy (non-hydrogen) atoms. The molecule has 6 nitrogen and oxygen atoms in total. The van der Waals surface area contributed by atoms with Gasteiger partial charge in [0.05, 0.1) is 5.69 Å². The van der Waals surface area contributed by atoms with Gasteiger partial charge in [-0.3, -0.25) is 9.78 Å². The van der Waals surface area contributed by atoms with Crippen molar-refractivity contribution in [1.82, 2.24) is 10.3 Å². The summed E-state index contributed by atoms with van der Waals surface area (Å²) in [6, 6.07) is 18.5. The van der Waals surface area contributed by atoms with E-state index < -0.39 is 0 Å². The molecular formula is C22H20N2O4. The van der Waals surface area contributed by atoms with Gasteiger partial charge >= 0.3 is 0 Å². The third kappa shape index (κ3) is 4.40. The maximum Gasteiger partial charge on any atom is 0.251 e. The van der Waals surface area contributed by atoms with Crippen LogP contribution in [0.25, 0.3) is 0 Å². The summed E-state index contributed by atoms with van der Waals surface area (Å²) < 4.78 is 16.7. The molecule has 0 unspecified atom stereocenters. The topological polar surface area (TPSA) is 69.7 Å². The summed E-state index contributed by atoms with van der Waals surface area (Å²) in [6.45, 7) is 1.86. The average Bonchev–Trinajstić information content (AvgIpc) is 2.77.